The summed E-state index contributed by atoms with van der Waals surface area (Å²) in [5.41, 5.74) is 8.17. The monoisotopic (exact) mass is 205 g/mol. The zero-order valence-corrected chi connectivity index (χ0v) is 9.32. The van der Waals surface area contributed by atoms with Crippen LogP contribution in [0.25, 0.3) is 0 Å². The third-order valence-corrected chi connectivity index (χ3v) is 3.21. The molecule has 0 radical (unpaired) electrons. The van der Waals surface area contributed by atoms with E-state index in [4.69, 9.17) is 5.73 Å². The van der Waals surface area contributed by atoms with Crippen molar-refractivity contribution in [1.29, 1.82) is 0 Å². The lowest BCUT2D eigenvalue weighted by Gasteiger charge is -2.16. The number of nitrogens with two attached hydrogens (primary N) is 1. The zero-order valence-electron chi connectivity index (χ0n) is 9.32. The molecule has 0 bridgehead atoms. The molecule has 0 spiro atoms. The van der Waals surface area contributed by atoms with E-state index in [9.17, 15) is 0 Å². The molecule has 1 aliphatic heterocycles. The van der Waals surface area contributed by atoms with Crippen molar-refractivity contribution in [3.8, 4) is 0 Å². The van der Waals surface area contributed by atoms with Gasteiger partial charge in [0.15, 0.2) is 0 Å². The number of pyridine rings is 1. The maximum Gasteiger partial charge on any atom is 0.0417 e. The van der Waals surface area contributed by atoms with Gasteiger partial charge in [0, 0.05) is 25.0 Å². The van der Waals surface area contributed by atoms with Crippen molar-refractivity contribution < 1.29 is 0 Å². The standard InChI is InChI=1S/C12H19N3/c1-10-12(3-2-5-14-10)9-15-6-4-11(7-13)8-15/h2-3,5,11H,4,6-9,13H2,1H3. The van der Waals surface area contributed by atoms with Gasteiger partial charge >= 0.3 is 0 Å². The second-order valence-electron chi connectivity index (χ2n) is 4.37. The predicted molar refractivity (Wildman–Crippen MR) is 61.4 cm³/mol. The van der Waals surface area contributed by atoms with Gasteiger partial charge in [-0.1, -0.05) is 6.07 Å². The summed E-state index contributed by atoms with van der Waals surface area (Å²) in [7, 11) is 0. The Morgan fingerprint density at radius 2 is 2.47 bits per heavy atom. The molecule has 1 saturated heterocycles. The summed E-state index contributed by atoms with van der Waals surface area (Å²) in [5, 5.41) is 0. The molecule has 1 atom stereocenters. The molecule has 0 aliphatic carbocycles. The fourth-order valence-electron chi connectivity index (χ4n) is 2.17. The van der Waals surface area contributed by atoms with Crippen LogP contribution in [0.1, 0.15) is 17.7 Å². The van der Waals surface area contributed by atoms with Crippen LogP contribution in [0.5, 0.6) is 0 Å². The van der Waals surface area contributed by atoms with Gasteiger partial charge in [0.05, 0.1) is 0 Å². The van der Waals surface area contributed by atoms with Crippen LogP contribution in [0.15, 0.2) is 18.3 Å². The average molecular weight is 205 g/mol. The molecule has 3 nitrogen and oxygen atoms in total. The highest BCUT2D eigenvalue weighted by Gasteiger charge is 2.21. The average Bonchev–Trinajstić information content (AvgIpc) is 2.69. The van der Waals surface area contributed by atoms with Crippen LogP contribution < -0.4 is 5.73 Å². The number of likely N-dealkylation sites (tertiary alicyclic amines) is 1. The van der Waals surface area contributed by atoms with Crippen LogP contribution in [-0.2, 0) is 6.54 Å². The van der Waals surface area contributed by atoms with E-state index in [2.05, 4.69) is 22.9 Å². The van der Waals surface area contributed by atoms with Crippen LogP contribution in [0.4, 0.5) is 0 Å². The van der Waals surface area contributed by atoms with Gasteiger partial charge in [-0.15, -0.1) is 0 Å². The molecule has 1 fully saturated rings. The lowest BCUT2D eigenvalue weighted by atomic mass is 10.1. The Morgan fingerprint density at radius 3 is 3.13 bits per heavy atom. The molecule has 1 unspecified atom stereocenters. The number of hydrogen-bond acceptors (Lipinski definition) is 3. The van der Waals surface area contributed by atoms with E-state index < -0.39 is 0 Å². The third-order valence-electron chi connectivity index (χ3n) is 3.21. The topological polar surface area (TPSA) is 42.2 Å². The first-order valence-electron chi connectivity index (χ1n) is 5.62. The van der Waals surface area contributed by atoms with Gasteiger partial charge in [0.25, 0.3) is 0 Å². The van der Waals surface area contributed by atoms with Crippen molar-refractivity contribution in [3.63, 3.8) is 0 Å². The third kappa shape index (κ3) is 2.55. The Balaban J connectivity index is 1.96. The van der Waals surface area contributed by atoms with E-state index in [0.717, 1.165) is 25.3 Å². The number of aryl methyl sites for hydroxylation is 1. The summed E-state index contributed by atoms with van der Waals surface area (Å²) in [5.74, 6) is 0.696. The fourth-order valence-corrected chi connectivity index (χ4v) is 2.17. The Bertz CT molecular complexity index is 324. The molecule has 1 aromatic rings. The van der Waals surface area contributed by atoms with E-state index in [1.54, 1.807) is 0 Å². The number of aromatic nitrogens is 1. The summed E-state index contributed by atoms with van der Waals surface area (Å²) < 4.78 is 0. The molecular formula is C12H19N3. The quantitative estimate of drug-likeness (QED) is 0.805. The number of nitrogens with zero attached hydrogens (tertiary/aromatic N) is 2. The highest BCUT2D eigenvalue weighted by Crippen LogP contribution is 2.18. The molecule has 1 aromatic heterocycles. The SMILES string of the molecule is Cc1ncccc1CN1CCC(CN)C1. The lowest BCUT2D eigenvalue weighted by Crippen LogP contribution is -2.23. The van der Waals surface area contributed by atoms with Crippen molar-refractivity contribution in [3.05, 3.63) is 29.6 Å². The van der Waals surface area contributed by atoms with Gasteiger partial charge in [0.1, 0.15) is 0 Å². The van der Waals surface area contributed by atoms with E-state index in [1.165, 1.54) is 18.5 Å². The summed E-state index contributed by atoms with van der Waals surface area (Å²) >= 11 is 0. The van der Waals surface area contributed by atoms with Crippen LogP contribution in [0, 0.1) is 12.8 Å². The minimum atomic E-state index is 0.696. The van der Waals surface area contributed by atoms with Crippen LogP contribution in [-0.4, -0.2) is 29.5 Å². The van der Waals surface area contributed by atoms with Crippen molar-refractivity contribution in [1.82, 2.24) is 9.88 Å². The van der Waals surface area contributed by atoms with E-state index in [1.807, 2.05) is 12.3 Å². The van der Waals surface area contributed by atoms with Crippen LogP contribution >= 0.6 is 0 Å². The van der Waals surface area contributed by atoms with Crippen molar-refractivity contribution in [2.75, 3.05) is 19.6 Å². The minimum absolute atomic E-state index is 0.696. The van der Waals surface area contributed by atoms with E-state index >= 15 is 0 Å². The van der Waals surface area contributed by atoms with Crippen molar-refractivity contribution in [2.24, 2.45) is 11.7 Å². The number of hydrogen-bond donors (Lipinski definition) is 1. The highest BCUT2D eigenvalue weighted by molar-refractivity contribution is 5.18. The van der Waals surface area contributed by atoms with Crippen molar-refractivity contribution >= 4 is 0 Å². The molecule has 0 amide bonds. The summed E-state index contributed by atoms with van der Waals surface area (Å²) in [6.45, 7) is 6.24. The Hall–Kier alpha value is -0.930. The fraction of sp³-hybridized carbons (Fsp3) is 0.583. The van der Waals surface area contributed by atoms with Crippen LogP contribution in [0.2, 0.25) is 0 Å². The maximum atomic E-state index is 5.68. The molecule has 15 heavy (non-hydrogen) atoms. The van der Waals surface area contributed by atoms with Crippen molar-refractivity contribution in [2.45, 2.75) is 19.9 Å². The van der Waals surface area contributed by atoms with Gasteiger partial charge in [-0.05, 0) is 44.0 Å². The largest absolute Gasteiger partial charge is 0.330 e. The first-order chi connectivity index (χ1) is 7.29. The molecule has 2 heterocycles. The Kier molecular flexibility index (Phi) is 3.34. The molecule has 0 aromatic carbocycles. The summed E-state index contributed by atoms with van der Waals surface area (Å²) in [6.07, 6.45) is 3.10. The first-order valence-corrected chi connectivity index (χ1v) is 5.62. The van der Waals surface area contributed by atoms with Crippen LogP contribution in [0.3, 0.4) is 0 Å². The molecule has 2 N–H and O–H groups in total. The van der Waals surface area contributed by atoms with Gasteiger partial charge in [-0.3, -0.25) is 9.88 Å². The molecule has 1 aliphatic rings. The predicted octanol–water partition coefficient (Wildman–Crippen LogP) is 1.17. The summed E-state index contributed by atoms with van der Waals surface area (Å²) in [6, 6.07) is 4.18. The Labute approximate surface area is 91.3 Å². The zero-order chi connectivity index (χ0) is 10.7. The number of rotatable bonds is 3. The molecule has 82 valence electrons. The van der Waals surface area contributed by atoms with Gasteiger partial charge < -0.3 is 5.73 Å². The second kappa shape index (κ2) is 4.73. The molecule has 2 rings (SSSR count). The van der Waals surface area contributed by atoms with Gasteiger partial charge in [-0.2, -0.15) is 0 Å². The van der Waals surface area contributed by atoms with E-state index in [-0.39, 0.29) is 0 Å². The van der Waals surface area contributed by atoms with E-state index in [0.29, 0.717) is 5.92 Å². The van der Waals surface area contributed by atoms with Gasteiger partial charge in [0.2, 0.25) is 0 Å². The molecule has 0 saturated carbocycles. The minimum Gasteiger partial charge on any atom is -0.330 e. The first kappa shape index (κ1) is 10.6. The second-order valence-corrected chi connectivity index (χ2v) is 4.37. The molecular weight excluding hydrogens is 186 g/mol. The Morgan fingerprint density at radius 1 is 1.60 bits per heavy atom. The lowest BCUT2D eigenvalue weighted by molar-refractivity contribution is 0.317. The smallest absolute Gasteiger partial charge is 0.0417 e. The normalized spacial score (nSPS) is 22.1. The van der Waals surface area contributed by atoms with Gasteiger partial charge in [-0.25, -0.2) is 0 Å². The maximum absolute atomic E-state index is 5.68. The highest BCUT2D eigenvalue weighted by atomic mass is 15.1. The summed E-state index contributed by atoms with van der Waals surface area (Å²) in [4.78, 5) is 6.78. The molecule has 3 heteroatoms.